The van der Waals surface area contributed by atoms with Gasteiger partial charge in [0, 0.05) is 31.6 Å². The van der Waals surface area contributed by atoms with E-state index < -0.39 is 12.6 Å². The highest BCUT2D eigenvalue weighted by Crippen LogP contribution is 2.39. The van der Waals surface area contributed by atoms with Gasteiger partial charge in [-0.2, -0.15) is 0 Å². The lowest BCUT2D eigenvalue weighted by molar-refractivity contribution is 0.102. The van der Waals surface area contributed by atoms with Crippen LogP contribution in [0.3, 0.4) is 0 Å². The Morgan fingerprint density at radius 2 is 2.19 bits per heavy atom. The van der Waals surface area contributed by atoms with E-state index in [0.717, 1.165) is 18.5 Å². The third kappa shape index (κ3) is 3.40. The van der Waals surface area contributed by atoms with E-state index >= 15 is 0 Å². The van der Waals surface area contributed by atoms with Crippen LogP contribution in [0.15, 0.2) is 35.5 Å². The number of rotatable bonds is 6. The van der Waals surface area contributed by atoms with E-state index in [2.05, 4.69) is 15.3 Å². The number of alkyl halides is 1. The molecule has 0 bridgehead atoms. The summed E-state index contributed by atoms with van der Waals surface area (Å²) in [5, 5.41) is 2.56. The number of amides is 1. The lowest BCUT2D eigenvalue weighted by atomic mass is 10.3. The Morgan fingerprint density at radius 1 is 1.37 bits per heavy atom. The molecule has 0 aromatic carbocycles. The second-order valence-corrected chi connectivity index (χ2v) is 6.43. The largest absolute Gasteiger partial charge is 0.472 e. The molecule has 1 fully saturated rings. The summed E-state index contributed by atoms with van der Waals surface area (Å²) in [6, 6.07) is 3.17. The minimum absolute atomic E-state index is 0.0435. The molecule has 0 radical (unpaired) electrons. The molecule has 3 aromatic rings. The van der Waals surface area contributed by atoms with E-state index in [-0.39, 0.29) is 29.4 Å². The molecule has 1 aliphatic carbocycles. The molecule has 8 nitrogen and oxygen atoms in total. The van der Waals surface area contributed by atoms with Gasteiger partial charge in [0.25, 0.3) is 17.3 Å². The number of hydrogen-bond donors (Lipinski definition) is 1. The minimum atomic E-state index is -0.680. The van der Waals surface area contributed by atoms with Crippen LogP contribution < -0.4 is 15.6 Å². The van der Waals surface area contributed by atoms with E-state index in [9.17, 15) is 14.0 Å². The van der Waals surface area contributed by atoms with Crippen molar-refractivity contribution in [3.63, 3.8) is 0 Å². The number of aryl methyl sites for hydroxylation is 1. The number of hydrogen-bond acceptors (Lipinski definition) is 5. The number of anilines is 1. The molecule has 0 atom stereocenters. The molecule has 1 amide bonds. The SMILES string of the molecule is Cn1cccc(NC(=O)c2cn3cc(C4CC4)nc3c(OCCF)n2)c1=O. The molecule has 1 aliphatic rings. The van der Waals surface area contributed by atoms with Gasteiger partial charge in [-0.15, -0.1) is 0 Å². The number of carbonyl (C=O) groups is 1. The average Bonchev–Trinajstić information content (AvgIpc) is 3.42. The third-order valence-electron chi connectivity index (χ3n) is 4.34. The first kappa shape index (κ1) is 17.2. The number of ether oxygens (including phenoxy) is 1. The maximum absolute atomic E-state index is 12.6. The van der Waals surface area contributed by atoms with Gasteiger partial charge >= 0.3 is 0 Å². The van der Waals surface area contributed by atoms with Crippen molar-refractivity contribution in [2.45, 2.75) is 18.8 Å². The Morgan fingerprint density at radius 3 is 2.93 bits per heavy atom. The van der Waals surface area contributed by atoms with Crippen LogP contribution in [0.2, 0.25) is 0 Å². The van der Waals surface area contributed by atoms with E-state index in [1.54, 1.807) is 23.7 Å². The van der Waals surface area contributed by atoms with Crippen LogP contribution in [-0.2, 0) is 7.05 Å². The quantitative estimate of drug-likeness (QED) is 0.715. The summed E-state index contributed by atoms with van der Waals surface area (Å²) < 4.78 is 20.9. The Balaban J connectivity index is 1.70. The number of nitrogens with one attached hydrogen (secondary N) is 1. The summed E-state index contributed by atoms with van der Waals surface area (Å²) >= 11 is 0. The Hall–Kier alpha value is -3.23. The van der Waals surface area contributed by atoms with Gasteiger partial charge in [-0.1, -0.05) is 0 Å². The summed E-state index contributed by atoms with van der Waals surface area (Å²) in [5.41, 5.74) is 1.19. The molecule has 3 aromatic heterocycles. The number of fused-ring (bicyclic) bond motifs is 1. The molecule has 0 aliphatic heterocycles. The van der Waals surface area contributed by atoms with Crippen molar-refractivity contribution in [2.75, 3.05) is 18.6 Å². The highest BCUT2D eigenvalue weighted by molar-refractivity contribution is 6.02. The van der Waals surface area contributed by atoms with Crippen molar-refractivity contribution in [1.29, 1.82) is 0 Å². The lowest BCUT2D eigenvalue weighted by Crippen LogP contribution is -2.24. The third-order valence-corrected chi connectivity index (χ3v) is 4.34. The summed E-state index contributed by atoms with van der Waals surface area (Å²) in [5.74, 6) is -0.0660. The maximum Gasteiger partial charge on any atom is 0.276 e. The Bertz CT molecular complexity index is 1070. The lowest BCUT2D eigenvalue weighted by Gasteiger charge is -2.09. The first-order valence-electron chi connectivity index (χ1n) is 8.62. The number of imidazole rings is 1. The number of nitrogens with zero attached hydrogens (tertiary/aromatic N) is 4. The van der Waals surface area contributed by atoms with E-state index in [1.807, 2.05) is 6.20 Å². The zero-order valence-corrected chi connectivity index (χ0v) is 14.7. The molecule has 0 unspecified atom stereocenters. The van der Waals surface area contributed by atoms with Gasteiger partial charge in [0.15, 0.2) is 0 Å². The monoisotopic (exact) mass is 371 g/mol. The van der Waals surface area contributed by atoms with Gasteiger partial charge in [-0.3, -0.25) is 14.0 Å². The van der Waals surface area contributed by atoms with Crippen molar-refractivity contribution in [2.24, 2.45) is 7.05 Å². The molecule has 1 N–H and O–H groups in total. The fourth-order valence-electron chi connectivity index (χ4n) is 2.79. The molecule has 4 rings (SSSR count). The number of halogens is 1. The van der Waals surface area contributed by atoms with Crippen molar-refractivity contribution in [1.82, 2.24) is 18.9 Å². The van der Waals surface area contributed by atoms with Crippen molar-refractivity contribution in [3.05, 3.63) is 52.5 Å². The summed E-state index contributed by atoms with van der Waals surface area (Å²) in [4.78, 5) is 33.4. The number of carbonyl (C=O) groups excluding carboxylic acids is 1. The second-order valence-electron chi connectivity index (χ2n) is 6.43. The van der Waals surface area contributed by atoms with Gasteiger partial charge in [0.2, 0.25) is 5.65 Å². The van der Waals surface area contributed by atoms with Crippen molar-refractivity contribution < 1.29 is 13.9 Å². The number of aromatic nitrogens is 4. The molecule has 27 heavy (non-hydrogen) atoms. The van der Waals surface area contributed by atoms with Crippen LogP contribution >= 0.6 is 0 Å². The minimum Gasteiger partial charge on any atom is -0.472 e. The zero-order chi connectivity index (χ0) is 19.0. The molecule has 3 heterocycles. The van der Waals surface area contributed by atoms with Gasteiger partial charge in [0.1, 0.15) is 24.7 Å². The summed E-state index contributed by atoms with van der Waals surface area (Å²) in [7, 11) is 1.59. The normalized spacial score (nSPS) is 13.7. The summed E-state index contributed by atoms with van der Waals surface area (Å²) in [6.07, 6.45) is 7.09. The fraction of sp³-hybridized carbons (Fsp3) is 0.333. The van der Waals surface area contributed by atoms with Crippen LogP contribution in [0.1, 0.15) is 34.9 Å². The van der Waals surface area contributed by atoms with Crippen LogP contribution in [0, 0.1) is 0 Å². The predicted octanol–water partition coefficient (Wildman–Crippen LogP) is 1.91. The Kier molecular flexibility index (Phi) is 4.35. The van der Waals surface area contributed by atoms with Gasteiger partial charge in [-0.05, 0) is 25.0 Å². The number of pyridine rings is 1. The van der Waals surface area contributed by atoms with E-state index in [0.29, 0.717) is 11.6 Å². The molecule has 0 saturated heterocycles. The second kappa shape index (κ2) is 6.82. The van der Waals surface area contributed by atoms with Gasteiger partial charge in [0.05, 0.1) is 5.69 Å². The van der Waals surface area contributed by atoms with E-state index in [4.69, 9.17) is 4.74 Å². The van der Waals surface area contributed by atoms with Gasteiger partial charge in [-0.25, -0.2) is 14.4 Å². The predicted molar refractivity (Wildman–Crippen MR) is 96.1 cm³/mol. The first-order chi connectivity index (χ1) is 13.1. The first-order valence-corrected chi connectivity index (χ1v) is 8.62. The van der Waals surface area contributed by atoms with Crippen molar-refractivity contribution >= 4 is 17.2 Å². The molecule has 9 heteroatoms. The Labute approximate surface area is 153 Å². The highest BCUT2D eigenvalue weighted by atomic mass is 19.1. The van der Waals surface area contributed by atoms with Crippen molar-refractivity contribution in [3.8, 4) is 5.88 Å². The van der Waals surface area contributed by atoms with Crippen LogP contribution in [0.4, 0.5) is 10.1 Å². The van der Waals surface area contributed by atoms with Crippen LogP contribution in [0.25, 0.3) is 5.65 Å². The smallest absolute Gasteiger partial charge is 0.276 e. The van der Waals surface area contributed by atoms with E-state index in [1.165, 1.54) is 16.8 Å². The average molecular weight is 371 g/mol. The molecule has 0 spiro atoms. The molecule has 140 valence electrons. The summed E-state index contributed by atoms with van der Waals surface area (Å²) in [6.45, 7) is -0.862. The fourth-order valence-corrected chi connectivity index (χ4v) is 2.79. The highest BCUT2D eigenvalue weighted by Gasteiger charge is 2.27. The van der Waals surface area contributed by atoms with Gasteiger partial charge < -0.3 is 14.6 Å². The topological polar surface area (TPSA) is 90.5 Å². The van der Waals surface area contributed by atoms with Crippen LogP contribution in [-0.4, -0.2) is 38.1 Å². The standard InChI is InChI=1S/C18H18FN5O3/c1-23-7-2-3-12(18(23)26)21-16(25)14-10-24-9-13(11-4-5-11)20-15(24)17(22-14)27-8-6-19/h2-3,7,9-11H,4-6,8H2,1H3,(H,21,25). The molecule has 1 saturated carbocycles. The zero-order valence-electron chi connectivity index (χ0n) is 14.7. The maximum atomic E-state index is 12.6. The molecular formula is C18H18FN5O3. The van der Waals surface area contributed by atoms with Crippen LogP contribution in [0.5, 0.6) is 5.88 Å². The molecular weight excluding hydrogens is 353 g/mol.